The summed E-state index contributed by atoms with van der Waals surface area (Å²) >= 11 is 0.777. The Bertz CT molecular complexity index is 277. The SMILES string of the molecule is O=P(O)(O)OP(=O)(O)OP(=O)(O)I. The summed E-state index contributed by atoms with van der Waals surface area (Å²) in [5, 5.41) is -4.38. The third-order valence-electron chi connectivity index (χ3n) is 0.413. The zero-order valence-electron chi connectivity index (χ0n) is 5.55. The Kier molecular flexibility index (Phi) is 4.75. The van der Waals surface area contributed by atoms with E-state index in [1.54, 1.807) is 0 Å². The van der Waals surface area contributed by atoms with Gasteiger partial charge in [0.05, 0.1) is 22.0 Å². The molecule has 13 heavy (non-hydrogen) atoms. The summed E-state index contributed by atoms with van der Waals surface area (Å²) in [7, 11) is -10.5. The Morgan fingerprint density at radius 2 is 1.31 bits per heavy atom. The van der Waals surface area contributed by atoms with Gasteiger partial charge in [-0.15, -0.1) is 0 Å². The van der Waals surface area contributed by atoms with Gasteiger partial charge < -0.3 is 19.6 Å². The van der Waals surface area contributed by atoms with Gasteiger partial charge in [0, 0.05) is 0 Å². The molecule has 0 aromatic carbocycles. The highest BCUT2D eigenvalue weighted by Gasteiger charge is 2.38. The third kappa shape index (κ3) is 9.48. The van der Waals surface area contributed by atoms with Crippen LogP contribution in [0.3, 0.4) is 0 Å². The average molecular weight is 368 g/mol. The van der Waals surface area contributed by atoms with Crippen LogP contribution in [0.25, 0.3) is 0 Å². The van der Waals surface area contributed by atoms with Crippen molar-refractivity contribution >= 4 is 42.9 Å². The van der Waals surface area contributed by atoms with E-state index in [9.17, 15) is 13.7 Å². The van der Waals surface area contributed by atoms with Crippen LogP contribution in [0.2, 0.25) is 0 Å². The Labute approximate surface area is 84.9 Å². The van der Waals surface area contributed by atoms with Crippen LogP contribution in [0, 0.1) is 0 Å². The summed E-state index contributed by atoms with van der Waals surface area (Å²) in [5.74, 6) is 0. The Balaban J connectivity index is 4.54. The van der Waals surface area contributed by atoms with Crippen molar-refractivity contribution in [3.05, 3.63) is 0 Å². The molecule has 0 saturated carbocycles. The standard InChI is InChI=1S/H4IO9P3/c1-11(2,3)9-13(7,8)10-12(4,5)6/h(H,2,3)(H,7,8)(H2,4,5,6). The van der Waals surface area contributed by atoms with E-state index in [0.29, 0.717) is 0 Å². The third-order valence-corrected chi connectivity index (χ3v) is 5.31. The quantitative estimate of drug-likeness (QED) is 0.416. The van der Waals surface area contributed by atoms with Crippen molar-refractivity contribution in [2.24, 2.45) is 0 Å². The van der Waals surface area contributed by atoms with Crippen molar-refractivity contribution in [3.8, 4) is 0 Å². The van der Waals surface area contributed by atoms with E-state index in [4.69, 9.17) is 19.6 Å². The van der Waals surface area contributed by atoms with Gasteiger partial charge in [0.1, 0.15) is 0 Å². The van der Waals surface area contributed by atoms with Gasteiger partial charge >= 0.3 is 20.9 Å². The molecule has 9 nitrogen and oxygen atoms in total. The van der Waals surface area contributed by atoms with Gasteiger partial charge in [-0.3, -0.25) is 0 Å². The number of halogens is 1. The molecule has 0 heterocycles. The number of hydrogen-bond acceptors (Lipinski definition) is 5. The molecule has 0 aliphatic rings. The van der Waals surface area contributed by atoms with Crippen LogP contribution in [-0.2, 0) is 22.3 Å². The molecule has 0 rings (SSSR count). The number of rotatable bonds is 4. The second-order valence-electron chi connectivity index (χ2n) is 1.57. The van der Waals surface area contributed by atoms with Gasteiger partial charge in [-0.25, -0.2) is 13.7 Å². The Morgan fingerprint density at radius 1 is 0.923 bits per heavy atom. The Hall–Kier alpha value is 1.18. The van der Waals surface area contributed by atoms with E-state index in [2.05, 4.69) is 8.62 Å². The van der Waals surface area contributed by atoms with Crippen LogP contribution in [0.15, 0.2) is 0 Å². The number of hydrogen-bond donors (Lipinski definition) is 4. The van der Waals surface area contributed by atoms with Gasteiger partial charge in [-0.05, 0) is 0 Å². The molecular weight excluding hydrogens is 364 g/mol. The van der Waals surface area contributed by atoms with E-state index in [0.717, 1.165) is 22.0 Å². The highest BCUT2D eigenvalue weighted by atomic mass is 127. The van der Waals surface area contributed by atoms with E-state index in [1.165, 1.54) is 0 Å². The first-order valence-corrected chi connectivity index (χ1v) is 9.64. The lowest BCUT2D eigenvalue weighted by Gasteiger charge is -2.12. The van der Waals surface area contributed by atoms with Crippen LogP contribution in [0.1, 0.15) is 0 Å². The first-order chi connectivity index (χ1) is 5.41. The highest BCUT2D eigenvalue weighted by Crippen LogP contribution is 2.68. The second kappa shape index (κ2) is 4.36. The molecule has 0 saturated heterocycles. The summed E-state index contributed by atoms with van der Waals surface area (Å²) < 4.78 is 37.6. The van der Waals surface area contributed by atoms with Crippen LogP contribution in [0.5, 0.6) is 0 Å². The van der Waals surface area contributed by atoms with Crippen molar-refractivity contribution < 1.29 is 41.9 Å². The summed E-state index contributed by atoms with van der Waals surface area (Å²) in [6.45, 7) is 0. The van der Waals surface area contributed by atoms with E-state index < -0.39 is 20.9 Å². The zero-order chi connectivity index (χ0) is 10.9. The van der Waals surface area contributed by atoms with Gasteiger partial charge in [-0.2, -0.15) is 8.62 Å². The van der Waals surface area contributed by atoms with E-state index >= 15 is 0 Å². The van der Waals surface area contributed by atoms with E-state index in [-0.39, 0.29) is 0 Å². The maximum atomic E-state index is 10.5. The van der Waals surface area contributed by atoms with Crippen LogP contribution in [-0.4, -0.2) is 19.6 Å². The minimum Gasteiger partial charge on any atom is -0.317 e. The lowest BCUT2D eigenvalue weighted by molar-refractivity contribution is 0.226. The van der Waals surface area contributed by atoms with Gasteiger partial charge in [-0.1, -0.05) is 0 Å². The molecule has 0 aromatic heterocycles. The molecule has 80 valence electrons. The molecule has 2 atom stereocenters. The first kappa shape index (κ1) is 14.2. The second-order valence-corrected chi connectivity index (χ2v) is 9.36. The maximum absolute atomic E-state index is 10.5. The average Bonchev–Trinajstić information content (AvgIpc) is 1.43. The predicted molar refractivity (Wildman–Crippen MR) is 47.9 cm³/mol. The molecule has 13 heteroatoms. The fourth-order valence-corrected chi connectivity index (χ4v) is 4.76. The van der Waals surface area contributed by atoms with Crippen LogP contribution in [0.4, 0.5) is 0 Å². The normalized spacial score (nSPS) is 21.9. The fraction of sp³-hybridized carbons (Fsp3) is 0. The van der Waals surface area contributed by atoms with Gasteiger partial charge in [0.25, 0.3) is 0 Å². The molecule has 0 radical (unpaired) electrons. The number of phosphoric acid groups is 2. The minimum atomic E-state index is -5.25. The Morgan fingerprint density at radius 3 is 1.54 bits per heavy atom. The zero-order valence-corrected chi connectivity index (χ0v) is 10.4. The van der Waals surface area contributed by atoms with Crippen molar-refractivity contribution in [2.45, 2.75) is 0 Å². The summed E-state index contributed by atoms with van der Waals surface area (Å²) in [6.07, 6.45) is 0. The monoisotopic (exact) mass is 368 g/mol. The van der Waals surface area contributed by atoms with Crippen LogP contribution < -0.4 is 0 Å². The van der Waals surface area contributed by atoms with Crippen molar-refractivity contribution in [3.63, 3.8) is 0 Å². The van der Waals surface area contributed by atoms with E-state index in [1.807, 2.05) is 0 Å². The molecule has 2 unspecified atom stereocenters. The van der Waals surface area contributed by atoms with Crippen LogP contribution >= 0.6 is 42.9 Å². The van der Waals surface area contributed by atoms with Crippen molar-refractivity contribution in [2.75, 3.05) is 0 Å². The van der Waals surface area contributed by atoms with Crippen molar-refractivity contribution in [1.29, 1.82) is 0 Å². The summed E-state index contributed by atoms with van der Waals surface area (Å²) in [4.78, 5) is 33.0. The topological polar surface area (TPSA) is 151 Å². The minimum absolute atomic E-state index is 0.777. The van der Waals surface area contributed by atoms with Gasteiger partial charge in [0.15, 0.2) is 0 Å². The van der Waals surface area contributed by atoms with Gasteiger partial charge in [0.2, 0.25) is 0 Å². The highest BCUT2D eigenvalue weighted by molar-refractivity contribution is 14.2. The lowest BCUT2D eigenvalue weighted by atomic mass is 15.7. The smallest absolute Gasteiger partial charge is 0.317 e. The fourth-order valence-electron chi connectivity index (χ4n) is 0.277. The molecule has 0 aliphatic heterocycles. The molecule has 0 spiro atoms. The molecule has 0 fully saturated rings. The molecular formula is H4IO9P3. The molecule has 0 aliphatic carbocycles. The lowest BCUT2D eigenvalue weighted by Crippen LogP contribution is -1.89. The molecule has 0 bridgehead atoms. The molecule has 4 N–H and O–H groups in total. The predicted octanol–water partition coefficient (Wildman–Crippen LogP) is 0.748. The maximum Gasteiger partial charge on any atom is 0.488 e. The largest absolute Gasteiger partial charge is 0.488 e. The first-order valence-electron chi connectivity index (χ1n) is 2.25. The van der Waals surface area contributed by atoms with Crippen molar-refractivity contribution in [1.82, 2.24) is 0 Å². The molecule has 0 amide bonds. The summed E-state index contributed by atoms with van der Waals surface area (Å²) in [6, 6.07) is 0. The summed E-state index contributed by atoms with van der Waals surface area (Å²) in [5.41, 5.74) is 0. The molecule has 0 aromatic rings.